The van der Waals surface area contributed by atoms with E-state index in [0.717, 1.165) is 22.4 Å². The third kappa shape index (κ3) is 4.56. The van der Waals surface area contributed by atoms with E-state index in [4.69, 9.17) is 4.42 Å². The molecule has 8 nitrogen and oxygen atoms in total. The van der Waals surface area contributed by atoms with E-state index in [1.54, 1.807) is 6.07 Å². The van der Waals surface area contributed by atoms with Gasteiger partial charge in [0.2, 0.25) is 11.6 Å². The Kier molecular flexibility index (Phi) is 6.37. The lowest BCUT2D eigenvalue weighted by Gasteiger charge is -2.13. The molecule has 2 aromatic carbocycles. The molecule has 0 aliphatic rings. The fourth-order valence-electron chi connectivity index (χ4n) is 3.58. The monoisotopic (exact) mass is 443 g/mol. The maximum Gasteiger partial charge on any atom is 0.247 e. The topological polar surface area (TPSA) is 104 Å². The number of rotatable bonds is 8. The van der Waals surface area contributed by atoms with Gasteiger partial charge in [0.1, 0.15) is 17.9 Å². The molecule has 0 spiro atoms. The number of aromatic nitrogens is 2. The van der Waals surface area contributed by atoms with Crippen LogP contribution in [0.2, 0.25) is 0 Å². The van der Waals surface area contributed by atoms with Crippen LogP contribution in [0.15, 0.2) is 71.9 Å². The molecule has 0 radical (unpaired) electrons. The summed E-state index contributed by atoms with van der Waals surface area (Å²) in [5.74, 6) is 0.900. The Balaban J connectivity index is 1.93. The van der Waals surface area contributed by atoms with Crippen molar-refractivity contribution < 1.29 is 14.3 Å². The van der Waals surface area contributed by atoms with Gasteiger partial charge in [-0.3, -0.25) is 4.79 Å². The van der Waals surface area contributed by atoms with Crippen molar-refractivity contribution in [2.45, 2.75) is 0 Å². The minimum Gasteiger partial charge on any atom is -0.437 e. The van der Waals surface area contributed by atoms with Crippen LogP contribution < -0.4 is 15.5 Å². The summed E-state index contributed by atoms with van der Waals surface area (Å²) in [7, 11) is 3.97. The Bertz CT molecular complexity index is 1300. The number of fused-ring (bicyclic) bond motifs is 1. The van der Waals surface area contributed by atoms with Crippen LogP contribution in [0.4, 0.5) is 17.2 Å². The number of carbonyl (C=O) groups is 1. The molecule has 2 heterocycles. The second-order valence-electron chi connectivity index (χ2n) is 7.57. The zero-order chi connectivity index (χ0) is 23.4. The predicted octanol–water partition coefficient (Wildman–Crippen LogP) is 4.15. The normalized spacial score (nSPS) is 10.8. The average Bonchev–Trinajstić information content (AvgIpc) is 3.23. The zero-order valence-electron chi connectivity index (χ0n) is 18.5. The summed E-state index contributed by atoms with van der Waals surface area (Å²) in [6, 6.07) is 15.5. The Hall–Kier alpha value is -4.17. The highest BCUT2D eigenvalue weighted by Crippen LogP contribution is 2.43. The van der Waals surface area contributed by atoms with E-state index in [2.05, 4.69) is 27.2 Å². The standard InChI is InChI=1S/C25H25N5O3/c1-4-20(32)29-18-7-5-6-17(14-18)21-22-24(26-12-13-31)27-15-28-25(22)33-23(21)16-8-10-19(11-9-16)30(2)3/h4-11,14-15,31H,1,12-13H2,2-3H3,(H,29,32)(H,26,27,28). The van der Waals surface area contributed by atoms with Crippen LogP contribution in [0.1, 0.15) is 0 Å². The van der Waals surface area contributed by atoms with Gasteiger partial charge in [0.05, 0.1) is 12.0 Å². The highest BCUT2D eigenvalue weighted by atomic mass is 16.3. The maximum absolute atomic E-state index is 11.8. The second kappa shape index (κ2) is 9.54. The Morgan fingerprint density at radius 2 is 1.94 bits per heavy atom. The molecule has 1 amide bonds. The SMILES string of the molecule is C=CC(=O)Nc1cccc(-c2c(-c3ccc(N(C)C)cc3)oc3ncnc(NCCO)c23)c1. The van der Waals surface area contributed by atoms with Crippen molar-refractivity contribution in [3.8, 4) is 22.5 Å². The summed E-state index contributed by atoms with van der Waals surface area (Å²) in [5, 5.41) is 15.9. The third-order valence-electron chi connectivity index (χ3n) is 5.14. The molecule has 3 N–H and O–H groups in total. The van der Waals surface area contributed by atoms with Crippen molar-refractivity contribution in [2.75, 3.05) is 42.8 Å². The molecule has 0 aliphatic carbocycles. The lowest BCUT2D eigenvalue weighted by molar-refractivity contribution is -0.111. The van der Waals surface area contributed by atoms with E-state index in [1.807, 2.05) is 61.5 Å². The average molecular weight is 444 g/mol. The largest absolute Gasteiger partial charge is 0.437 e. The van der Waals surface area contributed by atoms with Gasteiger partial charge in [-0.15, -0.1) is 0 Å². The molecule has 2 aromatic heterocycles. The number of furan rings is 1. The van der Waals surface area contributed by atoms with Gasteiger partial charge in [0.15, 0.2) is 0 Å². The van der Waals surface area contributed by atoms with Gasteiger partial charge in [0.25, 0.3) is 0 Å². The Labute approximate surface area is 191 Å². The summed E-state index contributed by atoms with van der Waals surface area (Å²) < 4.78 is 6.23. The van der Waals surface area contributed by atoms with E-state index >= 15 is 0 Å². The van der Waals surface area contributed by atoms with Crippen LogP contribution in [0.25, 0.3) is 33.6 Å². The molecular weight excluding hydrogens is 418 g/mol. The highest BCUT2D eigenvalue weighted by molar-refractivity contribution is 6.07. The van der Waals surface area contributed by atoms with E-state index in [-0.39, 0.29) is 12.5 Å². The minimum atomic E-state index is -0.294. The minimum absolute atomic E-state index is 0.0411. The molecule has 0 aliphatic heterocycles. The van der Waals surface area contributed by atoms with Crippen LogP contribution >= 0.6 is 0 Å². The first-order valence-corrected chi connectivity index (χ1v) is 10.5. The number of hydrogen-bond acceptors (Lipinski definition) is 7. The van der Waals surface area contributed by atoms with Crippen molar-refractivity contribution in [2.24, 2.45) is 0 Å². The maximum atomic E-state index is 11.8. The van der Waals surface area contributed by atoms with Crippen molar-refractivity contribution in [3.05, 3.63) is 67.5 Å². The first-order valence-electron chi connectivity index (χ1n) is 10.5. The van der Waals surface area contributed by atoms with Gasteiger partial charge >= 0.3 is 0 Å². The molecular formula is C25H25N5O3. The first-order chi connectivity index (χ1) is 16.0. The second-order valence-corrected chi connectivity index (χ2v) is 7.57. The van der Waals surface area contributed by atoms with E-state index in [1.165, 1.54) is 12.4 Å². The van der Waals surface area contributed by atoms with Crippen LogP contribution in [0, 0.1) is 0 Å². The number of amides is 1. The first kappa shape index (κ1) is 22.0. The molecule has 4 rings (SSSR count). The number of hydrogen-bond donors (Lipinski definition) is 3. The summed E-state index contributed by atoms with van der Waals surface area (Å²) in [4.78, 5) is 22.6. The third-order valence-corrected chi connectivity index (χ3v) is 5.14. The zero-order valence-corrected chi connectivity index (χ0v) is 18.5. The number of nitrogens with zero attached hydrogens (tertiary/aromatic N) is 3. The van der Waals surface area contributed by atoms with E-state index in [0.29, 0.717) is 34.9 Å². The van der Waals surface area contributed by atoms with Gasteiger partial charge in [-0.2, -0.15) is 0 Å². The number of aliphatic hydroxyl groups is 1. The molecule has 0 atom stereocenters. The van der Waals surface area contributed by atoms with E-state index < -0.39 is 0 Å². The van der Waals surface area contributed by atoms with Crippen molar-refractivity contribution >= 4 is 34.2 Å². The van der Waals surface area contributed by atoms with E-state index in [9.17, 15) is 9.90 Å². The Morgan fingerprint density at radius 3 is 2.64 bits per heavy atom. The molecule has 0 bridgehead atoms. The van der Waals surface area contributed by atoms with Gasteiger partial charge in [-0.05, 0) is 48.0 Å². The number of carbonyl (C=O) groups excluding carboxylic acids is 1. The fourth-order valence-corrected chi connectivity index (χ4v) is 3.58. The van der Waals surface area contributed by atoms with Gasteiger partial charge in [-0.1, -0.05) is 18.7 Å². The van der Waals surface area contributed by atoms with Crippen molar-refractivity contribution in [1.82, 2.24) is 9.97 Å². The summed E-state index contributed by atoms with van der Waals surface area (Å²) in [6.45, 7) is 3.80. The summed E-state index contributed by atoms with van der Waals surface area (Å²) in [6.07, 6.45) is 2.65. The Morgan fingerprint density at radius 1 is 1.15 bits per heavy atom. The van der Waals surface area contributed by atoms with Gasteiger partial charge in [0, 0.05) is 43.1 Å². The van der Waals surface area contributed by atoms with Crippen LogP contribution in [0.3, 0.4) is 0 Å². The molecule has 0 unspecified atom stereocenters. The molecule has 0 saturated carbocycles. The molecule has 33 heavy (non-hydrogen) atoms. The number of benzene rings is 2. The summed E-state index contributed by atoms with van der Waals surface area (Å²) in [5.41, 5.74) is 4.61. The molecule has 0 fully saturated rings. The van der Waals surface area contributed by atoms with Crippen LogP contribution in [-0.4, -0.2) is 48.2 Å². The molecule has 4 aromatic rings. The summed E-state index contributed by atoms with van der Waals surface area (Å²) >= 11 is 0. The smallest absolute Gasteiger partial charge is 0.247 e. The number of anilines is 3. The fraction of sp³-hybridized carbons (Fsp3) is 0.160. The number of aliphatic hydroxyl groups excluding tert-OH is 1. The molecule has 8 heteroatoms. The van der Waals surface area contributed by atoms with Gasteiger partial charge in [-0.25, -0.2) is 9.97 Å². The molecule has 168 valence electrons. The highest BCUT2D eigenvalue weighted by Gasteiger charge is 2.22. The predicted molar refractivity (Wildman–Crippen MR) is 131 cm³/mol. The van der Waals surface area contributed by atoms with Crippen LogP contribution in [0.5, 0.6) is 0 Å². The lowest BCUT2D eigenvalue weighted by Crippen LogP contribution is -2.08. The van der Waals surface area contributed by atoms with Crippen LogP contribution in [-0.2, 0) is 4.79 Å². The quantitative estimate of drug-likeness (QED) is 0.352. The lowest BCUT2D eigenvalue weighted by atomic mass is 9.98. The van der Waals surface area contributed by atoms with Gasteiger partial charge < -0.3 is 25.1 Å². The van der Waals surface area contributed by atoms with Crippen molar-refractivity contribution in [1.29, 1.82) is 0 Å². The molecule has 0 saturated heterocycles. The number of nitrogens with one attached hydrogen (secondary N) is 2. The van der Waals surface area contributed by atoms with Crippen molar-refractivity contribution in [3.63, 3.8) is 0 Å².